The summed E-state index contributed by atoms with van der Waals surface area (Å²) in [6.45, 7) is 5.79. The van der Waals surface area contributed by atoms with Crippen LogP contribution in [0.25, 0.3) is 0 Å². The zero-order valence-electron chi connectivity index (χ0n) is 12.8. The van der Waals surface area contributed by atoms with E-state index >= 15 is 0 Å². The maximum Gasteiger partial charge on any atom is 0.341 e. The van der Waals surface area contributed by atoms with Gasteiger partial charge in [0.25, 0.3) is 5.91 Å². The van der Waals surface area contributed by atoms with E-state index in [1.54, 1.807) is 26.0 Å². The normalized spacial score (nSPS) is 10.5. The zero-order chi connectivity index (χ0) is 16.1. The van der Waals surface area contributed by atoms with Gasteiger partial charge in [-0.15, -0.1) is 11.3 Å². The molecule has 7 heteroatoms. The summed E-state index contributed by atoms with van der Waals surface area (Å²) < 4.78 is 9.92. The van der Waals surface area contributed by atoms with Gasteiger partial charge in [0, 0.05) is 10.9 Å². The Morgan fingerprint density at radius 2 is 2.14 bits per heavy atom. The van der Waals surface area contributed by atoms with Crippen molar-refractivity contribution in [1.82, 2.24) is 5.16 Å². The molecule has 118 valence electrons. The van der Waals surface area contributed by atoms with Crippen molar-refractivity contribution in [2.45, 2.75) is 33.6 Å². The predicted octanol–water partition coefficient (Wildman–Crippen LogP) is 3.43. The van der Waals surface area contributed by atoms with Crippen LogP contribution in [0.4, 0.5) is 5.00 Å². The molecule has 0 aliphatic heterocycles. The molecule has 1 N–H and O–H groups in total. The lowest BCUT2D eigenvalue weighted by Gasteiger charge is -2.04. The smallest absolute Gasteiger partial charge is 0.341 e. The molecular weight excluding hydrogens is 304 g/mol. The lowest BCUT2D eigenvalue weighted by atomic mass is 10.2. The highest BCUT2D eigenvalue weighted by Crippen LogP contribution is 2.30. The first-order chi connectivity index (χ1) is 10.5. The van der Waals surface area contributed by atoms with Crippen molar-refractivity contribution in [2.75, 3.05) is 11.9 Å². The molecule has 0 aliphatic carbocycles. The molecule has 0 radical (unpaired) electrons. The standard InChI is InChI=1S/C15H18N2O4S/c1-4-6-10-8-11(15(19)20-5-2)14(22-10)16-13(18)12-7-9(3)21-17-12/h7-8H,4-6H2,1-3H3,(H,16,18). The van der Waals surface area contributed by atoms with Crippen LogP contribution in [0.5, 0.6) is 0 Å². The third kappa shape index (κ3) is 3.73. The maximum absolute atomic E-state index is 12.1. The highest BCUT2D eigenvalue weighted by atomic mass is 32.1. The van der Waals surface area contributed by atoms with Crippen LogP contribution < -0.4 is 5.32 Å². The number of nitrogens with one attached hydrogen (secondary N) is 1. The van der Waals surface area contributed by atoms with Crippen molar-refractivity contribution >= 4 is 28.2 Å². The minimum absolute atomic E-state index is 0.178. The summed E-state index contributed by atoms with van der Waals surface area (Å²) in [5.74, 6) is -0.298. The summed E-state index contributed by atoms with van der Waals surface area (Å²) in [6, 6.07) is 3.32. The van der Waals surface area contributed by atoms with Crippen LogP contribution in [-0.4, -0.2) is 23.6 Å². The largest absolute Gasteiger partial charge is 0.462 e. The molecule has 22 heavy (non-hydrogen) atoms. The molecule has 1 amide bonds. The molecule has 0 aliphatic rings. The predicted molar refractivity (Wildman–Crippen MR) is 83.5 cm³/mol. The van der Waals surface area contributed by atoms with Gasteiger partial charge in [0.05, 0.1) is 12.2 Å². The number of ether oxygens (including phenoxy) is 1. The number of hydrogen-bond acceptors (Lipinski definition) is 6. The van der Waals surface area contributed by atoms with Gasteiger partial charge in [-0.3, -0.25) is 4.79 Å². The van der Waals surface area contributed by atoms with Crippen molar-refractivity contribution in [1.29, 1.82) is 0 Å². The minimum Gasteiger partial charge on any atom is -0.462 e. The van der Waals surface area contributed by atoms with Crippen LogP contribution in [0.3, 0.4) is 0 Å². The zero-order valence-corrected chi connectivity index (χ0v) is 13.6. The first-order valence-corrected chi connectivity index (χ1v) is 7.91. The lowest BCUT2D eigenvalue weighted by Crippen LogP contribution is -2.14. The first-order valence-electron chi connectivity index (χ1n) is 7.09. The summed E-state index contributed by atoms with van der Waals surface area (Å²) in [6.07, 6.45) is 1.80. The molecular formula is C15H18N2O4S. The average molecular weight is 322 g/mol. The van der Waals surface area contributed by atoms with E-state index in [0.29, 0.717) is 16.3 Å². The average Bonchev–Trinajstić information content (AvgIpc) is 3.06. The molecule has 0 bridgehead atoms. The Morgan fingerprint density at radius 1 is 1.36 bits per heavy atom. The van der Waals surface area contributed by atoms with E-state index in [-0.39, 0.29) is 12.3 Å². The fraction of sp³-hybridized carbons (Fsp3) is 0.400. The maximum atomic E-state index is 12.1. The second kappa shape index (κ2) is 7.22. The number of carbonyl (C=O) groups excluding carboxylic acids is 2. The molecule has 2 aromatic rings. The van der Waals surface area contributed by atoms with Crippen LogP contribution >= 0.6 is 11.3 Å². The molecule has 0 unspecified atom stereocenters. The van der Waals surface area contributed by atoms with Crippen molar-refractivity contribution in [3.63, 3.8) is 0 Å². The summed E-state index contributed by atoms with van der Waals surface area (Å²) in [5, 5.41) is 6.86. The number of aryl methyl sites for hydroxylation is 2. The van der Waals surface area contributed by atoms with Gasteiger partial charge in [0.1, 0.15) is 10.8 Å². The van der Waals surface area contributed by atoms with E-state index < -0.39 is 11.9 Å². The van der Waals surface area contributed by atoms with Crippen LogP contribution in [-0.2, 0) is 11.2 Å². The first kappa shape index (κ1) is 16.2. The van der Waals surface area contributed by atoms with Crippen LogP contribution in [0.2, 0.25) is 0 Å². The summed E-state index contributed by atoms with van der Waals surface area (Å²) in [5.41, 5.74) is 0.557. The Balaban J connectivity index is 2.24. The fourth-order valence-electron chi connectivity index (χ4n) is 1.91. The van der Waals surface area contributed by atoms with E-state index in [2.05, 4.69) is 17.4 Å². The molecule has 0 aromatic carbocycles. The quantitative estimate of drug-likeness (QED) is 0.824. The van der Waals surface area contributed by atoms with E-state index in [1.165, 1.54) is 11.3 Å². The number of hydrogen-bond donors (Lipinski definition) is 1. The molecule has 0 saturated carbocycles. The number of carbonyl (C=O) groups is 2. The van der Waals surface area contributed by atoms with Crippen LogP contribution in [0.15, 0.2) is 16.7 Å². The van der Waals surface area contributed by atoms with Gasteiger partial charge in [-0.2, -0.15) is 0 Å². The number of anilines is 1. The van der Waals surface area contributed by atoms with Crippen molar-refractivity contribution in [3.8, 4) is 0 Å². The SMILES string of the molecule is CCCc1cc(C(=O)OCC)c(NC(=O)c2cc(C)on2)s1. The van der Waals surface area contributed by atoms with Crippen LogP contribution in [0, 0.1) is 6.92 Å². The van der Waals surface area contributed by atoms with Gasteiger partial charge < -0.3 is 14.6 Å². The molecule has 2 aromatic heterocycles. The topological polar surface area (TPSA) is 81.4 Å². The lowest BCUT2D eigenvalue weighted by molar-refractivity contribution is 0.0528. The molecule has 0 fully saturated rings. The van der Waals surface area contributed by atoms with Gasteiger partial charge in [-0.1, -0.05) is 18.5 Å². The number of rotatable bonds is 6. The molecule has 2 rings (SSSR count). The van der Waals surface area contributed by atoms with Crippen LogP contribution in [0.1, 0.15) is 51.8 Å². The van der Waals surface area contributed by atoms with Gasteiger partial charge >= 0.3 is 5.97 Å². The molecule has 0 atom stereocenters. The Bertz CT molecular complexity index is 675. The monoisotopic (exact) mass is 322 g/mol. The Labute approximate surface area is 132 Å². The number of nitrogens with zero attached hydrogens (tertiary/aromatic N) is 1. The third-order valence-corrected chi connectivity index (χ3v) is 3.97. The van der Waals surface area contributed by atoms with E-state index in [9.17, 15) is 9.59 Å². The fourth-order valence-corrected chi connectivity index (χ4v) is 3.05. The van der Waals surface area contributed by atoms with E-state index in [1.807, 2.05) is 0 Å². The minimum atomic E-state index is -0.437. The van der Waals surface area contributed by atoms with Crippen molar-refractivity contribution in [3.05, 3.63) is 34.0 Å². The highest BCUT2D eigenvalue weighted by molar-refractivity contribution is 7.16. The van der Waals surface area contributed by atoms with Gasteiger partial charge in [-0.25, -0.2) is 4.79 Å². The number of esters is 1. The van der Waals surface area contributed by atoms with Gasteiger partial charge in [0.15, 0.2) is 5.69 Å². The number of aromatic nitrogens is 1. The summed E-state index contributed by atoms with van der Waals surface area (Å²) in [4.78, 5) is 25.2. The van der Waals surface area contributed by atoms with Crippen molar-refractivity contribution < 1.29 is 18.8 Å². The molecule has 2 heterocycles. The van der Waals surface area contributed by atoms with Gasteiger partial charge in [0.2, 0.25) is 0 Å². The third-order valence-electron chi connectivity index (χ3n) is 2.86. The number of thiophene rings is 1. The Morgan fingerprint density at radius 3 is 2.73 bits per heavy atom. The molecule has 6 nitrogen and oxygen atoms in total. The van der Waals surface area contributed by atoms with E-state index in [4.69, 9.17) is 9.26 Å². The second-order valence-electron chi connectivity index (χ2n) is 4.70. The second-order valence-corrected chi connectivity index (χ2v) is 5.84. The summed E-state index contributed by atoms with van der Waals surface area (Å²) in [7, 11) is 0. The Kier molecular flexibility index (Phi) is 5.32. The highest BCUT2D eigenvalue weighted by Gasteiger charge is 2.20. The number of amides is 1. The molecule has 0 saturated heterocycles. The van der Waals surface area contributed by atoms with Crippen molar-refractivity contribution in [2.24, 2.45) is 0 Å². The summed E-state index contributed by atoms with van der Waals surface area (Å²) >= 11 is 1.38. The van der Waals surface area contributed by atoms with E-state index in [0.717, 1.165) is 17.7 Å². The van der Waals surface area contributed by atoms with Gasteiger partial charge in [-0.05, 0) is 26.3 Å². The molecule has 0 spiro atoms. The Hall–Kier alpha value is -2.15.